The first-order chi connectivity index (χ1) is 22.4. The summed E-state index contributed by atoms with van der Waals surface area (Å²) in [5, 5.41) is 0. The van der Waals surface area contributed by atoms with E-state index in [0.717, 1.165) is 19.1 Å². The zero-order chi connectivity index (χ0) is 36.1. The third kappa shape index (κ3) is 5.76. The van der Waals surface area contributed by atoms with E-state index < -0.39 is 134 Å². The van der Waals surface area contributed by atoms with Gasteiger partial charge in [0.15, 0.2) is 81.4 Å². The van der Waals surface area contributed by atoms with Gasteiger partial charge >= 0.3 is 5.97 Å². The van der Waals surface area contributed by atoms with Gasteiger partial charge in [0, 0.05) is 22.3 Å². The SMILES string of the molecule is C/C=C(\OC(=O)c1ccc(C)cc1)C(B(c1c(F)c(F)c(F)c(F)c1F)c1c(F)c(F)c(F)c(F)c1F)c1c(F)c(F)c(F)c(F)c1F. The molecule has 0 aromatic heterocycles. The molecule has 4 aromatic carbocycles. The fourth-order valence-corrected chi connectivity index (χ4v) is 4.79. The number of esters is 1. The van der Waals surface area contributed by atoms with Crippen molar-refractivity contribution in [3.63, 3.8) is 0 Å². The van der Waals surface area contributed by atoms with Gasteiger partial charge < -0.3 is 4.74 Å². The Morgan fingerprint density at radius 2 is 0.854 bits per heavy atom. The maximum absolute atomic E-state index is 15.4. The first kappa shape index (κ1) is 35.9. The zero-order valence-electron chi connectivity index (χ0n) is 23.5. The van der Waals surface area contributed by atoms with Crippen LogP contribution in [0.15, 0.2) is 36.1 Å². The molecular weight excluding hydrogens is 688 g/mol. The molecule has 0 aliphatic rings. The summed E-state index contributed by atoms with van der Waals surface area (Å²) >= 11 is 0. The molecule has 2 nitrogen and oxygen atoms in total. The van der Waals surface area contributed by atoms with Crippen LogP contribution in [0.1, 0.15) is 34.2 Å². The summed E-state index contributed by atoms with van der Waals surface area (Å²) in [6.45, 7) is -1.57. The number of aryl methyl sites for hydroxylation is 1. The van der Waals surface area contributed by atoms with Gasteiger partial charge in [0.25, 0.3) is 0 Å². The van der Waals surface area contributed by atoms with Gasteiger partial charge in [0.2, 0.25) is 12.5 Å². The minimum atomic E-state index is -3.83. The number of hydrogen-bond acceptors (Lipinski definition) is 2. The summed E-state index contributed by atoms with van der Waals surface area (Å²) < 4.78 is 226. The van der Waals surface area contributed by atoms with Crippen LogP contribution in [0.2, 0.25) is 0 Å². The Morgan fingerprint density at radius 1 is 0.542 bits per heavy atom. The predicted octanol–water partition coefficient (Wildman–Crippen LogP) is 7.77. The molecule has 48 heavy (non-hydrogen) atoms. The zero-order valence-corrected chi connectivity index (χ0v) is 23.5. The van der Waals surface area contributed by atoms with E-state index in [4.69, 9.17) is 4.74 Å². The number of rotatable bonds is 7. The Labute approximate surface area is 259 Å². The van der Waals surface area contributed by atoms with Gasteiger partial charge in [0.1, 0.15) is 5.76 Å². The second-order valence-electron chi connectivity index (χ2n) is 9.85. The lowest BCUT2D eigenvalue weighted by Crippen LogP contribution is -2.55. The summed E-state index contributed by atoms with van der Waals surface area (Å²) in [4.78, 5) is 13.0. The van der Waals surface area contributed by atoms with Crippen molar-refractivity contribution in [3.8, 4) is 0 Å². The fourth-order valence-electron chi connectivity index (χ4n) is 4.79. The van der Waals surface area contributed by atoms with Crippen LogP contribution in [0.25, 0.3) is 0 Å². The highest BCUT2D eigenvalue weighted by molar-refractivity contribution is 6.87. The molecule has 1 atom stereocenters. The molecular formula is C30H12BF15O2. The van der Waals surface area contributed by atoms with Crippen LogP contribution in [-0.2, 0) is 4.74 Å². The Balaban J connectivity index is 2.26. The Bertz CT molecular complexity index is 1860. The second kappa shape index (κ2) is 13.3. The van der Waals surface area contributed by atoms with E-state index in [1.165, 1.54) is 19.1 Å². The van der Waals surface area contributed by atoms with Gasteiger partial charge in [-0.3, -0.25) is 0 Å². The maximum atomic E-state index is 15.4. The number of halogens is 15. The molecule has 0 spiro atoms. The molecule has 0 heterocycles. The topological polar surface area (TPSA) is 26.3 Å². The van der Waals surface area contributed by atoms with Crippen molar-refractivity contribution in [1.29, 1.82) is 0 Å². The standard InChI is InChI=1S/C30H12BF15O2/c1-3-10(48-30(47)9-6-4-8(2)5-7-9)12(11-15(32)21(38)27(44)22(39)16(11)33)31(13-17(34)23(40)28(45)24(41)18(13)35)14-19(36)25(42)29(46)26(43)20(14)37/h3-7,12H,1-2H3/b10-3-. The van der Waals surface area contributed by atoms with Crippen molar-refractivity contribution in [3.05, 3.63) is 140 Å². The van der Waals surface area contributed by atoms with Gasteiger partial charge in [-0.15, -0.1) is 0 Å². The molecule has 0 saturated heterocycles. The van der Waals surface area contributed by atoms with Gasteiger partial charge in [-0.25, -0.2) is 70.7 Å². The van der Waals surface area contributed by atoms with E-state index >= 15 is 26.3 Å². The number of carbonyl (C=O) groups is 1. The molecule has 0 amide bonds. The average molecular weight is 700 g/mol. The number of allylic oxidation sites excluding steroid dienone is 2. The largest absolute Gasteiger partial charge is 0.428 e. The number of carbonyl (C=O) groups excluding carboxylic acids is 1. The fraction of sp³-hybridized carbons (Fsp3) is 0.100. The first-order valence-corrected chi connectivity index (χ1v) is 12.9. The molecule has 0 saturated carbocycles. The van der Waals surface area contributed by atoms with Crippen LogP contribution in [-0.4, -0.2) is 12.7 Å². The molecule has 4 aromatic rings. The van der Waals surface area contributed by atoms with E-state index in [9.17, 15) is 44.3 Å². The van der Waals surface area contributed by atoms with Crippen LogP contribution in [0, 0.1) is 94.2 Å². The van der Waals surface area contributed by atoms with Crippen molar-refractivity contribution < 1.29 is 75.4 Å². The maximum Gasteiger partial charge on any atom is 0.343 e. The number of benzene rings is 4. The van der Waals surface area contributed by atoms with E-state index in [1.807, 2.05) is 0 Å². The smallest absolute Gasteiger partial charge is 0.343 e. The average Bonchev–Trinajstić information content (AvgIpc) is 3.07. The third-order valence-corrected chi connectivity index (χ3v) is 7.09. The summed E-state index contributed by atoms with van der Waals surface area (Å²) in [7, 11) is 0. The molecule has 0 fully saturated rings. The highest BCUT2D eigenvalue weighted by Crippen LogP contribution is 2.38. The molecule has 0 aliphatic carbocycles. The van der Waals surface area contributed by atoms with E-state index in [-0.39, 0.29) is 0 Å². The molecule has 0 bridgehead atoms. The van der Waals surface area contributed by atoms with Crippen LogP contribution >= 0.6 is 0 Å². The van der Waals surface area contributed by atoms with Crippen molar-refractivity contribution in [2.75, 3.05) is 0 Å². The number of ether oxygens (including phenoxy) is 1. The summed E-state index contributed by atoms with van der Waals surface area (Å²) in [6, 6.07) is 4.62. The van der Waals surface area contributed by atoms with Gasteiger partial charge in [-0.2, -0.15) is 0 Å². The Hall–Kier alpha value is -4.90. The lowest BCUT2D eigenvalue weighted by atomic mass is 9.31. The van der Waals surface area contributed by atoms with Gasteiger partial charge in [-0.1, -0.05) is 17.7 Å². The van der Waals surface area contributed by atoms with Crippen molar-refractivity contribution >= 4 is 23.6 Å². The van der Waals surface area contributed by atoms with Crippen LogP contribution in [0.3, 0.4) is 0 Å². The van der Waals surface area contributed by atoms with Crippen molar-refractivity contribution in [2.24, 2.45) is 0 Å². The third-order valence-electron chi connectivity index (χ3n) is 7.09. The number of hydrogen-bond donors (Lipinski definition) is 0. The van der Waals surface area contributed by atoms with Gasteiger partial charge in [-0.05, 0) is 32.1 Å². The second-order valence-corrected chi connectivity index (χ2v) is 9.85. The van der Waals surface area contributed by atoms with E-state index in [2.05, 4.69) is 0 Å². The van der Waals surface area contributed by atoms with E-state index in [0.29, 0.717) is 11.6 Å². The summed E-state index contributed by atoms with van der Waals surface area (Å²) in [6.07, 6.45) is 0.361. The predicted molar refractivity (Wildman–Crippen MR) is 137 cm³/mol. The lowest BCUT2D eigenvalue weighted by Gasteiger charge is -2.29. The lowest BCUT2D eigenvalue weighted by molar-refractivity contribution is 0.0613. The van der Waals surface area contributed by atoms with Crippen molar-refractivity contribution in [2.45, 2.75) is 19.7 Å². The first-order valence-electron chi connectivity index (χ1n) is 12.9. The molecule has 4 rings (SSSR count). The summed E-state index contributed by atoms with van der Waals surface area (Å²) in [5.41, 5.74) is -7.53. The monoisotopic (exact) mass is 700 g/mol. The minimum Gasteiger partial charge on any atom is -0.428 e. The van der Waals surface area contributed by atoms with Crippen molar-refractivity contribution in [1.82, 2.24) is 0 Å². The quantitative estimate of drug-likeness (QED) is 0.0492. The Kier molecular flexibility index (Phi) is 9.97. The highest BCUT2D eigenvalue weighted by Gasteiger charge is 2.49. The molecule has 0 radical (unpaired) electrons. The van der Waals surface area contributed by atoms with Gasteiger partial charge in [0.05, 0.1) is 5.56 Å². The molecule has 0 N–H and O–H groups in total. The van der Waals surface area contributed by atoms with Crippen LogP contribution in [0.5, 0.6) is 0 Å². The molecule has 18 heteroatoms. The Morgan fingerprint density at radius 3 is 1.19 bits per heavy atom. The van der Waals surface area contributed by atoms with Crippen LogP contribution < -0.4 is 10.9 Å². The highest BCUT2D eigenvalue weighted by atomic mass is 19.2. The molecule has 0 aliphatic heterocycles. The van der Waals surface area contributed by atoms with Crippen LogP contribution in [0.4, 0.5) is 65.9 Å². The molecule has 252 valence electrons. The van der Waals surface area contributed by atoms with E-state index in [1.54, 1.807) is 0 Å². The normalized spacial score (nSPS) is 12.4. The molecule has 1 unspecified atom stereocenters. The minimum absolute atomic E-state index is 0.361. The summed E-state index contributed by atoms with van der Waals surface area (Å²) in [5.74, 6) is -51.4.